The third-order valence-electron chi connectivity index (χ3n) is 7.82. The highest BCUT2D eigenvalue weighted by Gasteiger charge is 2.20. The van der Waals surface area contributed by atoms with Crippen LogP contribution in [0.3, 0.4) is 0 Å². The van der Waals surface area contributed by atoms with E-state index in [1.165, 1.54) is 19.9 Å². The van der Waals surface area contributed by atoms with Gasteiger partial charge >= 0.3 is 23.9 Å². The molecule has 0 aromatic heterocycles. The summed E-state index contributed by atoms with van der Waals surface area (Å²) >= 11 is 0. The van der Waals surface area contributed by atoms with Gasteiger partial charge in [-0.25, -0.2) is 23.6 Å². The lowest BCUT2D eigenvalue weighted by Gasteiger charge is -2.13. The van der Waals surface area contributed by atoms with E-state index in [0.717, 1.165) is 17.9 Å². The number of ether oxygens (including phenoxy) is 4. The maximum absolute atomic E-state index is 16.1. The van der Waals surface area contributed by atoms with E-state index < -0.39 is 29.7 Å². The minimum atomic E-state index is -0.803. The van der Waals surface area contributed by atoms with E-state index >= 15 is 4.39 Å². The van der Waals surface area contributed by atoms with Crippen LogP contribution in [0.4, 0.5) is 4.39 Å². The number of esters is 4. The molecule has 0 saturated heterocycles. The Hall–Kier alpha value is -7.93. The lowest BCUT2D eigenvalue weighted by molar-refractivity contribution is -0.139. The molecular formula is C50H39FO8. The van der Waals surface area contributed by atoms with E-state index in [0.29, 0.717) is 40.0 Å². The van der Waals surface area contributed by atoms with Gasteiger partial charge in [-0.05, 0) is 106 Å². The molecule has 0 saturated carbocycles. The Morgan fingerprint density at radius 1 is 0.593 bits per heavy atom. The second-order valence-corrected chi connectivity index (χ2v) is 13.1. The molecule has 0 N–H and O–H groups in total. The SMILES string of the molecule is C=C(C)C(=O)O/C=C/c1c(C#Cc2ccc(C#Cc3ccc(OC(=O)C(=C)C)cc3)cc2)c(F)cc(C#Cc2ccc(CCOC(=O)C(=C)C)cc2)c1OC(=O)C(=C)C. The van der Waals surface area contributed by atoms with E-state index in [9.17, 15) is 19.2 Å². The third-order valence-corrected chi connectivity index (χ3v) is 7.82. The number of rotatable bonds is 11. The number of benzene rings is 4. The zero-order valence-corrected chi connectivity index (χ0v) is 33.0. The largest absolute Gasteiger partial charge is 0.462 e. The first-order chi connectivity index (χ1) is 28.1. The first-order valence-electron chi connectivity index (χ1n) is 17.9. The monoisotopic (exact) mass is 786 g/mol. The zero-order chi connectivity index (χ0) is 43.1. The Bertz CT molecular complexity index is 2570. The summed E-state index contributed by atoms with van der Waals surface area (Å²) < 4.78 is 37.3. The first-order valence-corrected chi connectivity index (χ1v) is 17.9. The summed E-state index contributed by atoms with van der Waals surface area (Å²) in [5.41, 5.74) is 3.96. The number of halogens is 1. The van der Waals surface area contributed by atoms with Crippen molar-refractivity contribution in [2.24, 2.45) is 0 Å². The van der Waals surface area contributed by atoms with Crippen LogP contribution in [-0.4, -0.2) is 30.5 Å². The second-order valence-electron chi connectivity index (χ2n) is 13.1. The van der Waals surface area contributed by atoms with Crippen molar-refractivity contribution >= 4 is 30.0 Å². The average Bonchev–Trinajstić information content (AvgIpc) is 3.20. The number of hydrogen-bond donors (Lipinski definition) is 0. The van der Waals surface area contributed by atoms with Gasteiger partial charge in [0.1, 0.15) is 11.6 Å². The van der Waals surface area contributed by atoms with Crippen LogP contribution in [-0.2, 0) is 35.1 Å². The molecule has 0 aliphatic rings. The fourth-order valence-electron chi connectivity index (χ4n) is 4.58. The van der Waals surface area contributed by atoms with Crippen LogP contribution in [0.15, 0.2) is 134 Å². The molecule has 0 fully saturated rings. The van der Waals surface area contributed by atoms with Crippen molar-refractivity contribution in [2.75, 3.05) is 6.61 Å². The maximum Gasteiger partial charge on any atom is 0.338 e. The Kier molecular flexibility index (Phi) is 15.5. The van der Waals surface area contributed by atoms with Crippen molar-refractivity contribution in [3.05, 3.63) is 184 Å². The van der Waals surface area contributed by atoms with Crippen molar-refractivity contribution in [2.45, 2.75) is 34.1 Å². The maximum atomic E-state index is 16.1. The molecule has 0 unspecified atom stereocenters. The summed E-state index contributed by atoms with van der Waals surface area (Å²) in [7, 11) is 0. The summed E-state index contributed by atoms with van der Waals surface area (Å²) in [6.07, 6.45) is 2.75. The summed E-state index contributed by atoms with van der Waals surface area (Å²) in [6, 6.07) is 21.9. The first kappa shape index (κ1) is 43.8. The van der Waals surface area contributed by atoms with E-state index in [2.05, 4.69) is 61.8 Å². The smallest absolute Gasteiger partial charge is 0.338 e. The molecule has 9 heteroatoms. The summed E-state index contributed by atoms with van der Waals surface area (Å²) in [5.74, 6) is 14.7. The minimum absolute atomic E-state index is 0.00903. The van der Waals surface area contributed by atoms with E-state index in [1.54, 1.807) is 74.5 Å². The molecule has 4 aromatic carbocycles. The van der Waals surface area contributed by atoms with E-state index in [4.69, 9.17) is 18.9 Å². The molecule has 0 bridgehead atoms. The molecule has 294 valence electrons. The lowest BCUT2D eigenvalue weighted by atomic mass is 10.00. The summed E-state index contributed by atoms with van der Waals surface area (Å²) in [4.78, 5) is 48.5. The lowest BCUT2D eigenvalue weighted by Crippen LogP contribution is -2.12. The molecule has 0 spiro atoms. The fraction of sp³-hybridized carbons (Fsp3) is 0.120. The van der Waals surface area contributed by atoms with Crippen molar-refractivity contribution in [1.29, 1.82) is 0 Å². The van der Waals surface area contributed by atoms with Crippen molar-refractivity contribution in [1.82, 2.24) is 0 Å². The number of carbonyl (C=O) groups is 4. The molecule has 0 aliphatic carbocycles. The second kappa shape index (κ2) is 20.8. The Labute approximate surface area is 343 Å². The van der Waals surface area contributed by atoms with Gasteiger partial charge in [0.25, 0.3) is 0 Å². The topological polar surface area (TPSA) is 105 Å². The van der Waals surface area contributed by atoms with Gasteiger partial charge in [0, 0.05) is 56.5 Å². The normalized spacial score (nSPS) is 9.98. The van der Waals surface area contributed by atoms with Gasteiger partial charge < -0.3 is 18.9 Å². The van der Waals surface area contributed by atoms with Crippen molar-refractivity contribution < 1.29 is 42.5 Å². The van der Waals surface area contributed by atoms with Crippen LogP contribution in [0.2, 0.25) is 0 Å². The highest BCUT2D eigenvalue weighted by Crippen LogP contribution is 2.32. The number of carbonyl (C=O) groups excluding carboxylic acids is 4. The quantitative estimate of drug-likeness (QED) is 0.0489. The van der Waals surface area contributed by atoms with Crippen LogP contribution in [0, 0.1) is 41.3 Å². The summed E-state index contributed by atoms with van der Waals surface area (Å²) in [5, 5.41) is 0. The van der Waals surface area contributed by atoms with Gasteiger partial charge in [-0.2, -0.15) is 0 Å². The van der Waals surface area contributed by atoms with Crippen LogP contribution >= 0.6 is 0 Å². The molecule has 4 aromatic rings. The Balaban J connectivity index is 1.68. The molecule has 4 rings (SSSR count). The average molecular weight is 787 g/mol. The van der Waals surface area contributed by atoms with Gasteiger partial charge in [-0.3, -0.25) is 0 Å². The third kappa shape index (κ3) is 13.4. The van der Waals surface area contributed by atoms with Crippen LogP contribution in [0.1, 0.15) is 72.2 Å². The molecule has 0 atom stereocenters. The Morgan fingerprint density at radius 2 is 1.05 bits per heavy atom. The minimum Gasteiger partial charge on any atom is -0.462 e. The van der Waals surface area contributed by atoms with Gasteiger partial charge in [0.2, 0.25) is 0 Å². The zero-order valence-electron chi connectivity index (χ0n) is 33.0. The highest BCUT2D eigenvalue weighted by molar-refractivity contribution is 5.91. The standard InChI is InChI=1S/C50H39FO8/c1-32(2)47(52)56-29-27-40-17-15-37(16-18-40)19-23-41-31-45(51)43(44(28-30-57-48(53)33(3)4)46(41)59-50(55)35(7)8)26-22-38-12-9-36(10-13-38)11-14-39-20-24-42(25-21-39)58-49(54)34(5)6/h9-10,12-13,15-18,20-21,24-25,28,30-31H,1,3,5,7,27,29H2,2,4,6,8H3/b30-28+. The molecule has 0 radical (unpaired) electrons. The van der Waals surface area contributed by atoms with Crippen LogP contribution in [0.5, 0.6) is 11.5 Å². The molecule has 59 heavy (non-hydrogen) atoms. The van der Waals surface area contributed by atoms with Gasteiger partial charge in [-0.1, -0.05) is 74.0 Å². The predicted molar refractivity (Wildman–Crippen MR) is 224 cm³/mol. The Morgan fingerprint density at radius 3 is 1.58 bits per heavy atom. The van der Waals surface area contributed by atoms with Gasteiger partial charge in [-0.15, -0.1) is 0 Å². The van der Waals surface area contributed by atoms with Crippen LogP contribution < -0.4 is 9.47 Å². The molecule has 0 aliphatic heterocycles. The summed E-state index contributed by atoms with van der Waals surface area (Å²) in [6.45, 7) is 20.6. The van der Waals surface area contributed by atoms with Crippen LogP contribution in [0.25, 0.3) is 6.08 Å². The van der Waals surface area contributed by atoms with Gasteiger partial charge in [0.05, 0.1) is 24.0 Å². The molecule has 0 heterocycles. The highest BCUT2D eigenvalue weighted by atomic mass is 19.1. The fourth-order valence-corrected chi connectivity index (χ4v) is 4.58. The molecule has 8 nitrogen and oxygen atoms in total. The van der Waals surface area contributed by atoms with Gasteiger partial charge in [0.15, 0.2) is 5.75 Å². The van der Waals surface area contributed by atoms with Crippen molar-refractivity contribution in [3.8, 4) is 47.0 Å². The number of hydrogen-bond acceptors (Lipinski definition) is 8. The van der Waals surface area contributed by atoms with E-state index in [-0.39, 0.29) is 45.8 Å². The van der Waals surface area contributed by atoms with E-state index in [1.807, 2.05) is 12.1 Å². The van der Waals surface area contributed by atoms with Crippen molar-refractivity contribution in [3.63, 3.8) is 0 Å². The molecular weight excluding hydrogens is 748 g/mol. The molecule has 0 amide bonds. The predicted octanol–water partition coefficient (Wildman–Crippen LogP) is 8.74.